The minimum absolute atomic E-state index is 0.366. The lowest BCUT2D eigenvalue weighted by molar-refractivity contribution is 0.262. The zero-order chi connectivity index (χ0) is 14.5. The molecule has 0 bridgehead atoms. The van der Waals surface area contributed by atoms with Crippen molar-refractivity contribution in [2.45, 2.75) is 0 Å². The van der Waals surface area contributed by atoms with E-state index in [9.17, 15) is 9.18 Å². The Hall–Kier alpha value is -2.76. The number of ether oxygens (including phenoxy) is 1. The molecule has 5 nitrogen and oxygen atoms in total. The van der Waals surface area contributed by atoms with Gasteiger partial charge >= 0.3 is 6.03 Å². The lowest BCUT2D eigenvalue weighted by atomic mass is 10.2. The van der Waals surface area contributed by atoms with Crippen molar-refractivity contribution in [3.63, 3.8) is 0 Å². The lowest BCUT2D eigenvalue weighted by Gasteiger charge is -2.10. The fourth-order valence-electron chi connectivity index (χ4n) is 1.65. The Labute approximate surface area is 115 Å². The second kappa shape index (κ2) is 5.92. The van der Waals surface area contributed by atoms with Crippen molar-refractivity contribution in [1.82, 2.24) is 0 Å². The number of hydrogen-bond acceptors (Lipinski definition) is 3. The summed E-state index contributed by atoms with van der Waals surface area (Å²) in [5.41, 5.74) is 7.04. The fraction of sp³-hybridized carbons (Fsp3) is 0.0714. The minimum atomic E-state index is -0.484. The Kier molecular flexibility index (Phi) is 4.05. The number of carbonyl (C=O) groups is 1. The molecule has 2 amide bonds. The first-order valence-corrected chi connectivity index (χ1v) is 5.85. The molecule has 6 heteroatoms. The number of amides is 2. The molecular weight excluding hydrogens is 261 g/mol. The number of methoxy groups -OCH3 is 1. The molecule has 0 fully saturated rings. The van der Waals surface area contributed by atoms with E-state index in [0.29, 0.717) is 22.8 Å². The number of nitrogen functional groups attached to an aromatic ring is 1. The third-order valence-corrected chi connectivity index (χ3v) is 2.57. The van der Waals surface area contributed by atoms with E-state index in [1.807, 2.05) is 0 Å². The summed E-state index contributed by atoms with van der Waals surface area (Å²) in [6.45, 7) is 0. The summed E-state index contributed by atoms with van der Waals surface area (Å²) >= 11 is 0. The van der Waals surface area contributed by atoms with E-state index < -0.39 is 11.8 Å². The van der Waals surface area contributed by atoms with E-state index in [1.165, 1.54) is 25.3 Å². The van der Waals surface area contributed by atoms with Crippen LogP contribution in [-0.4, -0.2) is 13.1 Å². The van der Waals surface area contributed by atoms with E-state index in [0.717, 1.165) is 0 Å². The predicted molar refractivity (Wildman–Crippen MR) is 76.4 cm³/mol. The highest BCUT2D eigenvalue weighted by Gasteiger charge is 2.06. The van der Waals surface area contributed by atoms with E-state index in [4.69, 9.17) is 10.5 Å². The second-order valence-electron chi connectivity index (χ2n) is 4.05. The zero-order valence-electron chi connectivity index (χ0n) is 10.8. The van der Waals surface area contributed by atoms with Crippen molar-refractivity contribution in [2.75, 3.05) is 23.5 Å². The maximum Gasteiger partial charge on any atom is 0.323 e. The molecule has 0 aliphatic rings. The first-order valence-electron chi connectivity index (χ1n) is 5.85. The Morgan fingerprint density at radius 2 is 1.85 bits per heavy atom. The molecule has 0 spiro atoms. The van der Waals surface area contributed by atoms with Gasteiger partial charge in [-0.2, -0.15) is 0 Å². The van der Waals surface area contributed by atoms with Crippen molar-refractivity contribution in [3.8, 4) is 5.75 Å². The summed E-state index contributed by atoms with van der Waals surface area (Å²) in [5, 5.41) is 5.12. The van der Waals surface area contributed by atoms with Crippen LogP contribution in [-0.2, 0) is 0 Å². The number of anilines is 3. The molecule has 0 saturated carbocycles. The van der Waals surface area contributed by atoms with Crippen LogP contribution < -0.4 is 21.1 Å². The van der Waals surface area contributed by atoms with Gasteiger partial charge in [-0.05, 0) is 30.3 Å². The highest BCUT2D eigenvalue weighted by molar-refractivity contribution is 6.00. The molecule has 0 atom stereocenters. The maximum absolute atomic E-state index is 13.0. The van der Waals surface area contributed by atoms with Gasteiger partial charge in [0, 0.05) is 17.4 Å². The minimum Gasteiger partial charge on any atom is -0.495 e. The SMILES string of the molecule is COc1cc(NC(=O)Nc2cccc(F)c2)ccc1N. The summed E-state index contributed by atoms with van der Waals surface area (Å²) in [4.78, 5) is 11.8. The fourth-order valence-corrected chi connectivity index (χ4v) is 1.65. The summed E-state index contributed by atoms with van der Waals surface area (Å²) in [6, 6.07) is 10.0. The zero-order valence-corrected chi connectivity index (χ0v) is 10.8. The number of rotatable bonds is 3. The van der Waals surface area contributed by atoms with Gasteiger partial charge in [-0.25, -0.2) is 9.18 Å². The number of urea groups is 1. The van der Waals surface area contributed by atoms with Gasteiger partial charge in [-0.1, -0.05) is 6.07 Å². The van der Waals surface area contributed by atoms with Crippen LogP contribution in [0.15, 0.2) is 42.5 Å². The van der Waals surface area contributed by atoms with Crippen molar-refractivity contribution in [1.29, 1.82) is 0 Å². The third-order valence-electron chi connectivity index (χ3n) is 2.57. The average Bonchev–Trinajstić information content (AvgIpc) is 2.41. The second-order valence-corrected chi connectivity index (χ2v) is 4.05. The van der Waals surface area contributed by atoms with E-state index >= 15 is 0 Å². The normalized spacial score (nSPS) is 9.90. The summed E-state index contributed by atoms with van der Waals surface area (Å²) < 4.78 is 18.0. The van der Waals surface area contributed by atoms with Crippen LogP contribution in [0.25, 0.3) is 0 Å². The number of carbonyl (C=O) groups excluding carboxylic acids is 1. The topological polar surface area (TPSA) is 76.4 Å². The summed E-state index contributed by atoms with van der Waals surface area (Å²) in [6.07, 6.45) is 0. The van der Waals surface area contributed by atoms with Gasteiger partial charge in [0.25, 0.3) is 0 Å². The van der Waals surface area contributed by atoms with Crippen LogP contribution in [0.3, 0.4) is 0 Å². The smallest absolute Gasteiger partial charge is 0.323 e. The number of hydrogen-bond donors (Lipinski definition) is 3. The van der Waals surface area contributed by atoms with Gasteiger partial charge in [-0.3, -0.25) is 0 Å². The van der Waals surface area contributed by atoms with E-state index in [1.54, 1.807) is 24.3 Å². The number of nitrogens with two attached hydrogens (primary N) is 1. The predicted octanol–water partition coefficient (Wildman–Crippen LogP) is 3.06. The Bertz CT molecular complexity index is 632. The van der Waals surface area contributed by atoms with E-state index in [2.05, 4.69) is 10.6 Å². The van der Waals surface area contributed by atoms with Gasteiger partial charge < -0.3 is 21.1 Å². The molecule has 0 saturated heterocycles. The van der Waals surface area contributed by atoms with Gasteiger partial charge in [0.2, 0.25) is 0 Å². The average molecular weight is 275 g/mol. The third kappa shape index (κ3) is 3.38. The molecule has 0 unspecified atom stereocenters. The van der Waals surface area contributed by atoms with Gasteiger partial charge in [-0.15, -0.1) is 0 Å². The quantitative estimate of drug-likeness (QED) is 0.753. The summed E-state index contributed by atoms with van der Waals surface area (Å²) in [7, 11) is 1.49. The molecule has 0 radical (unpaired) electrons. The molecule has 2 aromatic carbocycles. The Morgan fingerprint density at radius 1 is 1.15 bits per heavy atom. The molecule has 0 aromatic heterocycles. The number of nitrogens with one attached hydrogen (secondary N) is 2. The van der Waals surface area contributed by atoms with Crippen molar-refractivity contribution in [2.24, 2.45) is 0 Å². The van der Waals surface area contributed by atoms with Crippen LogP contribution in [0.4, 0.5) is 26.2 Å². The molecule has 4 N–H and O–H groups in total. The molecule has 0 aliphatic heterocycles. The van der Waals surface area contributed by atoms with Crippen LogP contribution in [0.2, 0.25) is 0 Å². The lowest BCUT2D eigenvalue weighted by Crippen LogP contribution is -2.19. The molecule has 0 heterocycles. The molecule has 0 aliphatic carbocycles. The van der Waals surface area contributed by atoms with Gasteiger partial charge in [0.05, 0.1) is 12.8 Å². The van der Waals surface area contributed by atoms with Crippen molar-refractivity contribution < 1.29 is 13.9 Å². The molecule has 2 aromatic rings. The van der Waals surface area contributed by atoms with Crippen LogP contribution >= 0.6 is 0 Å². The molecule has 20 heavy (non-hydrogen) atoms. The maximum atomic E-state index is 13.0. The number of benzene rings is 2. The Morgan fingerprint density at radius 3 is 2.50 bits per heavy atom. The van der Waals surface area contributed by atoms with Gasteiger partial charge in [0.1, 0.15) is 11.6 Å². The molecule has 2 rings (SSSR count). The van der Waals surface area contributed by atoms with Crippen LogP contribution in [0, 0.1) is 5.82 Å². The van der Waals surface area contributed by atoms with Crippen molar-refractivity contribution >= 4 is 23.1 Å². The summed E-state index contributed by atoms with van der Waals surface area (Å²) in [5.74, 6) is 0.0468. The van der Waals surface area contributed by atoms with Gasteiger partial charge in [0.15, 0.2) is 0 Å². The first kappa shape index (κ1) is 13.7. The first-order chi connectivity index (χ1) is 9.58. The Balaban J connectivity index is 2.04. The molecular formula is C14H14FN3O2. The highest BCUT2D eigenvalue weighted by atomic mass is 19.1. The van der Waals surface area contributed by atoms with Crippen LogP contribution in [0.1, 0.15) is 0 Å². The van der Waals surface area contributed by atoms with Crippen LogP contribution in [0.5, 0.6) is 5.75 Å². The highest BCUT2D eigenvalue weighted by Crippen LogP contribution is 2.25. The molecule has 104 valence electrons. The largest absolute Gasteiger partial charge is 0.495 e. The standard InChI is InChI=1S/C14H14FN3O2/c1-20-13-8-11(5-6-12(13)16)18-14(19)17-10-4-2-3-9(15)7-10/h2-8H,16H2,1H3,(H2,17,18,19). The van der Waals surface area contributed by atoms with Crippen molar-refractivity contribution in [3.05, 3.63) is 48.3 Å². The number of halogens is 1. The van der Waals surface area contributed by atoms with E-state index in [-0.39, 0.29) is 0 Å². The monoisotopic (exact) mass is 275 g/mol.